The van der Waals surface area contributed by atoms with Gasteiger partial charge in [0.2, 0.25) is 0 Å². The van der Waals surface area contributed by atoms with Crippen LogP contribution in [0.5, 0.6) is 0 Å². The van der Waals surface area contributed by atoms with Crippen LogP contribution in [0.4, 0.5) is 4.39 Å². The quantitative estimate of drug-likeness (QED) is 0.519. The Morgan fingerprint density at radius 2 is 1.82 bits per heavy atom. The van der Waals surface area contributed by atoms with Crippen LogP contribution >= 0.6 is 0 Å². The highest BCUT2D eigenvalue weighted by atomic mass is 32.2. The highest BCUT2D eigenvalue weighted by molar-refractivity contribution is 7.91. The molecule has 0 spiro atoms. The van der Waals surface area contributed by atoms with Crippen molar-refractivity contribution in [3.8, 4) is 22.5 Å². The fourth-order valence-electron chi connectivity index (χ4n) is 3.22. The summed E-state index contributed by atoms with van der Waals surface area (Å²) in [5.74, 6) is 0.208. The minimum atomic E-state index is -3.40. The monoisotopic (exact) mass is 395 g/mol. The molecule has 0 N–H and O–H groups in total. The van der Waals surface area contributed by atoms with Crippen LogP contribution in [0.15, 0.2) is 65.7 Å². The molecule has 2 aromatic heterocycles. The van der Waals surface area contributed by atoms with Crippen molar-refractivity contribution in [3.05, 3.63) is 66.6 Å². The van der Waals surface area contributed by atoms with Crippen molar-refractivity contribution < 1.29 is 12.8 Å². The van der Waals surface area contributed by atoms with Crippen LogP contribution < -0.4 is 0 Å². The van der Waals surface area contributed by atoms with E-state index in [1.165, 1.54) is 12.1 Å². The number of sulfone groups is 1. The van der Waals surface area contributed by atoms with Crippen molar-refractivity contribution in [3.63, 3.8) is 0 Å². The second-order valence-electron chi connectivity index (χ2n) is 6.47. The first kappa shape index (κ1) is 18.3. The van der Waals surface area contributed by atoms with Gasteiger partial charge < -0.3 is 4.57 Å². The van der Waals surface area contributed by atoms with Crippen LogP contribution in [0.1, 0.15) is 6.92 Å². The maximum atomic E-state index is 13.5. The number of rotatable bonds is 4. The maximum absolute atomic E-state index is 13.5. The van der Waals surface area contributed by atoms with Crippen molar-refractivity contribution in [2.24, 2.45) is 7.05 Å². The van der Waals surface area contributed by atoms with Gasteiger partial charge in [0.15, 0.2) is 15.5 Å². The van der Waals surface area contributed by atoms with E-state index < -0.39 is 9.84 Å². The highest BCUT2D eigenvalue weighted by Gasteiger charge is 2.21. The Morgan fingerprint density at radius 3 is 2.57 bits per heavy atom. The summed E-state index contributed by atoms with van der Waals surface area (Å²) in [5.41, 5.74) is 3.22. The van der Waals surface area contributed by atoms with Crippen molar-refractivity contribution in [2.75, 3.05) is 5.75 Å². The molecule has 2 aromatic carbocycles. The molecule has 0 aliphatic rings. The standard InChI is InChI=1S/C21H18FN3O2S/c1-3-28(26,27)19-10-5-4-9-17(19)20-24-18-12-15(13-23-21(18)25(20)2)14-7-6-8-16(22)11-14/h4-13H,3H2,1-2H3. The van der Waals surface area contributed by atoms with Crippen LogP contribution in [0.25, 0.3) is 33.7 Å². The van der Waals surface area contributed by atoms with Crippen LogP contribution in [0.3, 0.4) is 0 Å². The first-order valence-corrected chi connectivity index (χ1v) is 10.5. The van der Waals surface area contributed by atoms with Crippen LogP contribution in [0.2, 0.25) is 0 Å². The molecule has 0 aliphatic carbocycles. The van der Waals surface area contributed by atoms with Gasteiger partial charge in [0.1, 0.15) is 17.2 Å². The molecule has 0 fully saturated rings. The molecule has 0 amide bonds. The van der Waals surface area contributed by atoms with Crippen molar-refractivity contribution in [1.82, 2.24) is 14.5 Å². The number of fused-ring (bicyclic) bond motifs is 1. The molecular formula is C21H18FN3O2S. The van der Waals surface area contributed by atoms with Crippen molar-refractivity contribution >= 4 is 21.0 Å². The van der Waals surface area contributed by atoms with Gasteiger partial charge in [-0.25, -0.2) is 22.8 Å². The molecular weight excluding hydrogens is 377 g/mol. The van der Waals surface area contributed by atoms with Crippen LogP contribution in [-0.4, -0.2) is 28.7 Å². The molecule has 28 heavy (non-hydrogen) atoms. The molecule has 4 rings (SSSR count). The number of hydrogen-bond donors (Lipinski definition) is 0. The van der Waals surface area contributed by atoms with Gasteiger partial charge in [0, 0.05) is 24.4 Å². The summed E-state index contributed by atoms with van der Waals surface area (Å²) in [6.45, 7) is 1.62. The predicted molar refractivity (Wildman–Crippen MR) is 107 cm³/mol. The SMILES string of the molecule is CCS(=O)(=O)c1ccccc1-c1nc2cc(-c3cccc(F)c3)cnc2n1C. The molecule has 0 saturated heterocycles. The maximum Gasteiger partial charge on any atom is 0.178 e. The van der Waals surface area contributed by atoms with E-state index in [-0.39, 0.29) is 16.5 Å². The molecule has 0 radical (unpaired) electrons. The van der Waals surface area contributed by atoms with E-state index in [2.05, 4.69) is 9.97 Å². The molecule has 142 valence electrons. The summed E-state index contributed by atoms with van der Waals surface area (Å²) < 4.78 is 40.3. The fourth-order valence-corrected chi connectivity index (χ4v) is 4.31. The zero-order valence-corrected chi connectivity index (χ0v) is 16.2. The summed E-state index contributed by atoms with van der Waals surface area (Å²) in [4.78, 5) is 9.37. The predicted octanol–water partition coefficient (Wildman–Crippen LogP) is 4.24. The first-order chi connectivity index (χ1) is 13.4. The summed E-state index contributed by atoms with van der Waals surface area (Å²) in [6, 6.07) is 14.9. The van der Waals surface area contributed by atoms with Gasteiger partial charge in [-0.2, -0.15) is 0 Å². The van der Waals surface area contributed by atoms with E-state index in [1.54, 1.807) is 61.1 Å². The van der Waals surface area contributed by atoms with Crippen molar-refractivity contribution in [1.29, 1.82) is 0 Å². The molecule has 7 heteroatoms. The molecule has 2 heterocycles. The summed E-state index contributed by atoms with van der Waals surface area (Å²) >= 11 is 0. The minimum Gasteiger partial charge on any atom is -0.312 e. The highest BCUT2D eigenvalue weighted by Crippen LogP contribution is 2.30. The van der Waals surface area contributed by atoms with E-state index in [1.807, 2.05) is 6.07 Å². The molecule has 0 saturated carbocycles. The van der Waals surface area contributed by atoms with Gasteiger partial charge >= 0.3 is 0 Å². The topological polar surface area (TPSA) is 64.8 Å². The Balaban J connectivity index is 1.90. The van der Waals surface area contributed by atoms with Crippen molar-refractivity contribution in [2.45, 2.75) is 11.8 Å². The second kappa shape index (κ2) is 6.83. The third-order valence-corrected chi connectivity index (χ3v) is 6.50. The number of halogens is 1. The normalized spacial score (nSPS) is 11.8. The Labute approximate surface area is 162 Å². The smallest absolute Gasteiger partial charge is 0.178 e. The van der Waals surface area contributed by atoms with E-state index in [0.717, 1.165) is 5.56 Å². The average Bonchev–Trinajstić information content (AvgIpc) is 3.04. The van der Waals surface area contributed by atoms with Gasteiger partial charge in [0.05, 0.1) is 10.6 Å². The summed E-state index contributed by atoms with van der Waals surface area (Å²) in [7, 11) is -1.60. The molecule has 5 nitrogen and oxygen atoms in total. The van der Waals surface area contributed by atoms with Gasteiger partial charge in [-0.05, 0) is 35.9 Å². The lowest BCUT2D eigenvalue weighted by Gasteiger charge is -2.09. The minimum absolute atomic E-state index is 0.00985. The third-order valence-electron chi connectivity index (χ3n) is 4.71. The lowest BCUT2D eigenvalue weighted by molar-refractivity contribution is 0.597. The molecule has 0 aliphatic heterocycles. The number of aryl methyl sites for hydroxylation is 1. The Morgan fingerprint density at radius 1 is 1.04 bits per heavy atom. The average molecular weight is 395 g/mol. The molecule has 0 atom stereocenters. The van der Waals surface area contributed by atoms with Gasteiger partial charge in [0.25, 0.3) is 0 Å². The molecule has 0 unspecified atom stereocenters. The van der Waals surface area contributed by atoms with E-state index >= 15 is 0 Å². The third kappa shape index (κ3) is 3.07. The number of pyridine rings is 1. The Hall–Kier alpha value is -3.06. The lowest BCUT2D eigenvalue weighted by atomic mass is 10.1. The van der Waals surface area contributed by atoms with Gasteiger partial charge in [-0.3, -0.25) is 0 Å². The zero-order chi connectivity index (χ0) is 19.9. The lowest BCUT2D eigenvalue weighted by Crippen LogP contribution is -2.07. The van der Waals surface area contributed by atoms with E-state index in [4.69, 9.17) is 0 Å². The Bertz CT molecular complexity index is 1300. The second-order valence-corrected chi connectivity index (χ2v) is 8.72. The number of benzene rings is 2. The summed E-state index contributed by atoms with van der Waals surface area (Å²) in [6.07, 6.45) is 1.66. The number of imidazole rings is 1. The number of nitrogens with zero attached hydrogens (tertiary/aromatic N) is 3. The van der Waals surface area contributed by atoms with Crippen LogP contribution in [-0.2, 0) is 16.9 Å². The zero-order valence-electron chi connectivity index (χ0n) is 15.4. The Kier molecular flexibility index (Phi) is 4.47. The fraction of sp³-hybridized carbons (Fsp3) is 0.143. The van der Waals surface area contributed by atoms with E-state index in [9.17, 15) is 12.8 Å². The van der Waals surface area contributed by atoms with Gasteiger partial charge in [-0.1, -0.05) is 31.2 Å². The van der Waals surface area contributed by atoms with Crippen LogP contribution in [0, 0.1) is 5.82 Å². The first-order valence-electron chi connectivity index (χ1n) is 8.81. The number of hydrogen-bond acceptors (Lipinski definition) is 4. The summed E-state index contributed by atoms with van der Waals surface area (Å²) in [5, 5.41) is 0. The van der Waals surface area contributed by atoms with Gasteiger partial charge in [-0.15, -0.1) is 0 Å². The molecule has 0 bridgehead atoms. The number of aromatic nitrogens is 3. The molecule has 4 aromatic rings. The van der Waals surface area contributed by atoms with E-state index in [0.29, 0.717) is 28.1 Å². The largest absolute Gasteiger partial charge is 0.312 e.